The van der Waals surface area contributed by atoms with Crippen LogP contribution >= 0.6 is 0 Å². The second kappa shape index (κ2) is 8.36. The van der Waals surface area contributed by atoms with Crippen molar-refractivity contribution in [2.24, 2.45) is 0 Å². The molecule has 30 heavy (non-hydrogen) atoms. The molecule has 1 aliphatic heterocycles. The number of nitrogens with zero attached hydrogens (tertiary/aromatic N) is 2. The molecule has 0 atom stereocenters. The van der Waals surface area contributed by atoms with E-state index in [-0.39, 0.29) is 6.54 Å². The molecule has 8 heteroatoms. The maximum Gasteiger partial charge on any atom is 0.267 e. The van der Waals surface area contributed by atoms with Crippen LogP contribution in [0.15, 0.2) is 53.3 Å². The first kappa shape index (κ1) is 19.6. The number of anilines is 1. The third-order valence-electron chi connectivity index (χ3n) is 4.66. The summed E-state index contributed by atoms with van der Waals surface area (Å²) in [7, 11) is 0. The Hall–Kier alpha value is -3.68. The average Bonchev–Trinajstić information content (AvgIpc) is 2.97. The number of amides is 1. The van der Waals surface area contributed by atoms with E-state index in [4.69, 9.17) is 9.47 Å². The fourth-order valence-electron chi connectivity index (χ4n) is 3.05. The average molecular weight is 409 g/mol. The van der Waals surface area contributed by atoms with E-state index in [9.17, 15) is 14.0 Å². The highest BCUT2D eigenvalue weighted by Gasteiger charge is 2.14. The fraction of sp³-hybridized carbons (Fsp3) is 0.227. The second-order valence-corrected chi connectivity index (χ2v) is 6.94. The number of carbonyl (C=O) groups excluding carboxylic acids is 1. The lowest BCUT2D eigenvalue weighted by molar-refractivity contribution is -0.117. The summed E-state index contributed by atoms with van der Waals surface area (Å²) in [6.45, 7) is 2.49. The van der Waals surface area contributed by atoms with Crippen molar-refractivity contribution in [2.75, 3.05) is 18.5 Å². The molecule has 2 heterocycles. The van der Waals surface area contributed by atoms with E-state index < -0.39 is 17.3 Å². The maximum absolute atomic E-state index is 13.7. The van der Waals surface area contributed by atoms with E-state index in [1.807, 2.05) is 6.07 Å². The summed E-state index contributed by atoms with van der Waals surface area (Å²) in [5.41, 5.74) is 1.62. The number of rotatable bonds is 4. The van der Waals surface area contributed by atoms with Gasteiger partial charge in [0.2, 0.25) is 5.91 Å². The Morgan fingerprint density at radius 2 is 1.90 bits per heavy atom. The number of aromatic nitrogens is 2. The molecule has 3 aromatic rings. The Morgan fingerprint density at radius 3 is 2.70 bits per heavy atom. The molecule has 1 N–H and O–H groups in total. The second-order valence-electron chi connectivity index (χ2n) is 6.94. The summed E-state index contributed by atoms with van der Waals surface area (Å²) in [5, 5.41) is 6.88. The topological polar surface area (TPSA) is 82.5 Å². The van der Waals surface area contributed by atoms with E-state index in [0.717, 1.165) is 16.7 Å². The molecule has 1 aliphatic rings. The van der Waals surface area contributed by atoms with Gasteiger partial charge in [-0.2, -0.15) is 5.10 Å². The molecule has 0 aliphatic carbocycles. The number of aryl methyl sites for hydroxylation is 1. The van der Waals surface area contributed by atoms with E-state index in [0.29, 0.717) is 41.7 Å². The van der Waals surface area contributed by atoms with E-state index in [1.165, 1.54) is 12.1 Å². The van der Waals surface area contributed by atoms with Crippen LogP contribution in [0.25, 0.3) is 11.3 Å². The Morgan fingerprint density at radius 1 is 1.10 bits per heavy atom. The SMILES string of the molecule is Cc1ccc(NC(=O)Cn2nc(-c3ccc4c(c3)OCCCO4)ccc2=O)cc1F. The maximum atomic E-state index is 13.7. The minimum absolute atomic E-state index is 0.299. The number of benzene rings is 2. The van der Waals surface area contributed by atoms with Crippen molar-refractivity contribution in [3.63, 3.8) is 0 Å². The molecule has 2 aromatic carbocycles. The predicted octanol–water partition coefficient (Wildman–Crippen LogP) is 3.16. The minimum Gasteiger partial charge on any atom is -0.490 e. The third-order valence-corrected chi connectivity index (χ3v) is 4.66. The summed E-state index contributed by atoms with van der Waals surface area (Å²) in [5.74, 6) is 0.376. The third kappa shape index (κ3) is 4.32. The molecule has 7 nitrogen and oxygen atoms in total. The van der Waals surface area contributed by atoms with Crippen LogP contribution in [0.1, 0.15) is 12.0 Å². The first-order valence-corrected chi connectivity index (χ1v) is 9.54. The normalized spacial score (nSPS) is 12.9. The molecular weight excluding hydrogens is 389 g/mol. The zero-order chi connectivity index (χ0) is 21.1. The molecule has 0 spiro atoms. The smallest absolute Gasteiger partial charge is 0.267 e. The van der Waals surface area contributed by atoms with Gasteiger partial charge in [0, 0.05) is 23.7 Å². The van der Waals surface area contributed by atoms with Crippen LogP contribution in [0, 0.1) is 12.7 Å². The molecule has 154 valence electrons. The summed E-state index contributed by atoms with van der Waals surface area (Å²) in [4.78, 5) is 24.5. The minimum atomic E-state index is -0.483. The molecule has 0 unspecified atom stereocenters. The van der Waals surface area contributed by atoms with Crippen molar-refractivity contribution < 1.29 is 18.7 Å². The molecule has 1 aromatic heterocycles. The van der Waals surface area contributed by atoms with Crippen molar-refractivity contribution in [2.45, 2.75) is 19.9 Å². The quantitative estimate of drug-likeness (QED) is 0.716. The van der Waals surface area contributed by atoms with Crippen molar-refractivity contribution >= 4 is 11.6 Å². The van der Waals surface area contributed by atoms with Crippen molar-refractivity contribution in [3.8, 4) is 22.8 Å². The zero-order valence-corrected chi connectivity index (χ0v) is 16.4. The number of fused-ring (bicyclic) bond motifs is 1. The van der Waals surface area contributed by atoms with Crippen LogP contribution in [-0.2, 0) is 11.3 Å². The lowest BCUT2D eigenvalue weighted by atomic mass is 10.1. The van der Waals surface area contributed by atoms with Crippen LogP contribution < -0.4 is 20.3 Å². The van der Waals surface area contributed by atoms with Gasteiger partial charge in [-0.3, -0.25) is 9.59 Å². The van der Waals surface area contributed by atoms with Gasteiger partial charge in [0.25, 0.3) is 5.56 Å². The Balaban J connectivity index is 1.54. The van der Waals surface area contributed by atoms with E-state index >= 15 is 0 Å². The highest BCUT2D eigenvalue weighted by atomic mass is 19.1. The van der Waals surface area contributed by atoms with Crippen molar-refractivity contribution in [1.82, 2.24) is 9.78 Å². The van der Waals surface area contributed by atoms with Gasteiger partial charge in [0.15, 0.2) is 11.5 Å². The van der Waals surface area contributed by atoms with Crippen molar-refractivity contribution in [3.05, 3.63) is 70.3 Å². The number of carbonyl (C=O) groups is 1. The summed E-state index contributed by atoms with van der Waals surface area (Å²) in [6.07, 6.45) is 0.799. The summed E-state index contributed by atoms with van der Waals surface area (Å²) >= 11 is 0. The van der Waals surface area contributed by atoms with E-state index in [1.54, 1.807) is 37.3 Å². The zero-order valence-electron chi connectivity index (χ0n) is 16.4. The fourth-order valence-corrected chi connectivity index (χ4v) is 3.05. The summed E-state index contributed by atoms with van der Waals surface area (Å²) in [6, 6.07) is 12.8. The molecule has 0 bridgehead atoms. The Labute approximate surface area is 172 Å². The van der Waals surface area contributed by atoms with Gasteiger partial charge in [0.05, 0.1) is 18.9 Å². The highest BCUT2D eigenvalue weighted by Crippen LogP contribution is 2.33. The predicted molar refractivity (Wildman–Crippen MR) is 109 cm³/mol. The monoisotopic (exact) mass is 409 g/mol. The first-order chi connectivity index (χ1) is 14.5. The van der Waals surface area contributed by atoms with Crippen LogP contribution in [0.5, 0.6) is 11.5 Å². The van der Waals surface area contributed by atoms with Gasteiger partial charge in [0.1, 0.15) is 12.4 Å². The summed E-state index contributed by atoms with van der Waals surface area (Å²) < 4.78 is 26.1. The van der Waals surface area contributed by atoms with Crippen LogP contribution in [-0.4, -0.2) is 28.9 Å². The number of hydrogen-bond donors (Lipinski definition) is 1. The largest absolute Gasteiger partial charge is 0.490 e. The molecular formula is C22H20FN3O4. The molecule has 0 fully saturated rings. The number of hydrogen-bond acceptors (Lipinski definition) is 5. The van der Waals surface area contributed by atoms with Gasteiger partial charge in [-0.25, -0.2) is 9.07 Å². The number of nitrogens with one attached hydrogen (secondary N) is 1. The molecule has 0 radical (unpaired) electrons. The standard InChI is InChI=1S/C22H20FN3O4/c1-14-3-5-16(12-17(14)23)24-21(27)13-26-22(28)8-6-18(25-26)15-4-7-19-20(11-15)30-10-2-9-29-19/h3-8,11-12H,2,9-10,13H2,1H3,(H,24,27). The molecule has 1 amide bonds. The molecule has 0 saturated heterocycles. The van der Waals surface area contributed by atoms with Crippen LogP contribution in [0.4, 0.5) is 10.1 Å². The van der Waals surface area contributed by atoms with Gasteiger partial charge in [-0.15, -0.1) is 0 Å². The van der Waals surface area contributed by atoms with E-state index in [2.05, 4.69) is 10.4 Å². The molecule has 4 rings (SSSR count). The lowest BCUT2D eigenvalue weighted by Crippen LogP contribution is -2.29. The van der Waals surface area contributed by atoms with Gasteiger partial charge in [-0.05, 0) is 48.9 Å². The Bertz CT molecular complexity index is 1160. The first-order valence-electron chi connectivity index (χ1n) is 9.54. The number of halogens is 1. The highest BCUT2D eigenvalue weighted by molar-refractivity contribution is 5.90. The van der Waals surface area contributed by atoms with Gasteiger partial charge >= 0.3 is 0 Å². The van der Waals surface area contributed by atoms with Gasteiger partial charge < -0.3 is 14.8 Å². The lowest BCUT2D eigenvalue weighted by Gasteiger charge is -2.11. The Kier molecular flexibility index (Phi) is 5.47. The van der Waals surface area contributed by atoms with Crippen LogP contribution in [0.3, 0.4) is 0 Å². The van der Waals surface area contributed by atoms with Crippen molar-refractivity contribution in [1.29, 1.82) is 0 Å². The molecule has 0 saturated carbocycles. The van der Waals surface area contributed by atoms with Crippen LogP contribution in [0.2, 0.25) is 0 Å². The van der Waals surface area contributed by atoms with Gasteiger partial charge in [-0.1, -0.05) is 6.07 Å². The number of ether oxygens (including phenoxy) is 2.